The molecule has 0 saturated heterocycles. The largest absolute Gasteiger partial charge is 0.416 e. The van der Waals surface area contributed by atoms with Gasteiger partial charge in [0.15, 0.2) is 0 Å². The van der Waals surface area contributed by atoms with Crippen LogP contribution in [0.3, 0.4) is 0 Å². The molecule has 24 heavy (non-hydrogen) atoms. The van der Waals surface area contributed by atoms with Gasteiger partial charge in [0, 0.05) is 11.3 Å². The third kappa shape index (κ3) is 6.16. The van der Waals surface area contributed by atoms with Gasteiger partial charge < -0.3 is 0 Å². The molecule has 0 bridgehead atoms. The quantitative estimate of drug-likeness (QED) is 0.440. The van der Waals surface area contributed by atoms with E-state index in [1.165, 1.54) is 23.2 Å². The molecule has 1 heterocycles. The second-order valence-electron chi connectivity index (χ2n) is 5.20. The molecule has 2 rings (SSSR count). The molecule has 128 valence electrons. The Morgan fingerprint density at radius 3 is 2.75 bits per heavy atom. The Morgan fingerprint density at radius 1 is 1.21 bits per heavy atom. The zero-order valence-corrected chi connectivity index (χ0v) is 13.7. The summed E-state index contributed by atoms with van der Waals surface area (Å²) in [6.45, 7) is 0. The number of halogens is 3. The van der Waals surface area contributed by atoms with Crippen LogP contribution in [0.4, 0.5) is 13.2 Å². The van der Waals surface area contributed by atoms with E-state index < -0.39 is 11.7 Å². The predicted octanol–water partition coefficient (Wildman–Crippen LogP) is 4.63. The molecular weight excluding hydrogens is 337 g/mol. The van der Waals surface area contributed by atoms with Crippen molar-refractivity contribution in [3.63, 3.8) is 0 Å². The molecular formula is C17H17F3N2OS. The molecule has 0 saturated carbocycles. The standard InChI is InChI=1S/C17H17F3N2OS/c18-17(19,20)14-6-3-5-13(11-14)12-21-22-16(23)9-2-1-7-15-8-4-10-24-15/h3-6,8,10-12H,1-2,7,9H2,(H,22,23)/b21-12-. The number of nitrogens with one attached hydrogen (secondary N) is 1. The van der Waals surface area contributed by atoms with E-state index in [4.69, 9.17) is 0 Å². The Labute approximate surface area is 142 Å². The zero-order chi connectivity index (χ0) is 17.4. The van der Waals surface area contributed by atoms with Crippen LogP contribution < -0.4 is 5.43 Å². The Hall–Kier alpha value is -2.15. The van der Waals surface area contributed by atoms with Crippen molar-refractivity contribution in [1.29, 1.82) is 0 Å². The average Bonchev–Trinajstić information content (AvgIpc) is 3.04. The van der Waals surface area contributed by atoms with Gasteiger partial charge in [0.25, 0.3) is 0 Å². The molecule has 0 spiro atoms. The first-order valence-electron chi connectivity index (χ1n) is 7.47. The number of amides is 1. The maximum Gasteiger partial charge on any atom is 0.416 e. The minimum Gasteiger partial charge on any atom is -0.273 e. The molecule has 0 fully saturated rings. The van der Waals surface area contributed by atoms with E-state index in [-0.39, 0.29) is 11.5 Å². The van der Waals surface area contributed by atoms with Crippen LogP contribution in [0.25, 0.3) is 0 Å². The summed E-state index contributed by atoms with van der Waals surface area (Å²) in [6, 6.07) is 8.82. The second-order valence-corrected chi connectivity index (χ2v) is 6.24. The molecule has 0 aliphatic carbocycles. The molecule has 1 amide bonds. The molecule has 0 aliphatic heterocycles. The van der Waals surface area contributed by atoms with Crippen LogP contribution in [-0.4, -0.2) is 12.1 Å². The molecule has 1 aromatic heterocycles. The second kappa shape index (κ2) is 8.63. The summed E-state index contributed by atoms with van der Waals surface area (Å²) in [4.78, 5) is 12.9. The van der Waals surface area contributed by atoms with Crippen LogP contribution in [0.15, 0.2) is 46.9 Å². The van der Waals surface area contributed by atoms with Gasteiger partial charge in [0.05, 0.1) is 11.8 Å². The normalized spacial score (nSPS) is 11.8. The van der Waals surface area contributed by atoms with E-state index >= 15 is 0 Å². The highest BCUT2D eigenvalue weighted by atomic mass is 32.1. The third-order valence-corrected chi connectivity index (χ3v) is 4.21. The van der Waals surface area contributed by atoms with Gasteiger partial charge in [-0.05, 0) is 48.4 Å². The number of unbranched alkanes of at least 4 members (excludes halogenated alkanes) is 1. The summed E-state index contributed by atoms with van der Waals surface area (Å²) in [5, 5.41) is 5.72. The number of hydrazone groups is 1. The van der Waals surface area contributed by atoms with Gasteiger partial charge in [0.2, 0.25) is 5.91 Å². The van der Waals surface area contributed by atoms with Gasteiger partial charge in [-0.2, -0.15) is 18.3 Å². The number of alkyl halides is 3. The fourth-order valence-electron chi connectivity index (χ4n) is 2.07. The smallest absolute Gasteiger partial charge is 0.273 e. The maximum atomic E-state index is 12.6. The Balaban J connectivity index is 1.72. The monoisotopic (exact) mass is 354 g/mol. The van der Waals surface area contributed by atoms with Crippen molar-refractivity contribution in [3.05, 3.63) is 57.8 Å². The Morgan fingerprint density at radius 2 is 2.04 bits per heavy atom. The molecule has 3 nitrogen and oxygen atoms in total. The lowest BCUT2D eigenvalue weighted by Crippen LogP contribution is -2.17. The van der Waals surface area contributed by atoms with Crippen LogP contribution in [0, 0.1) is 0 Å². The summed E-state index contributed by atoms with van der Waals surface area (Å²) in [6.07, 6.45) is -0.258. The number of aryl methyl sites for hydroxylation is 1. The van der Waals surface area contributed by atoms with Crippen molar-refractivity contribution in [2.45, 2.75) is 31.9 Å². The van der Waals surface area contributed by atoms with E-state index in [0.717, 1.165) is 31.4 Å². The zero-order valence-electron chi connectivity index (χ0n) is 12.8. The van der Waals surface area contributed by atoms with E-state index in [9.17, 15) is 18.0 Å². The molecule has 7 heteroatoms. The highest BCUT2D eigenvalue weighted by molar-refractivity contribution is 7.09. The van der Waals surface area contributed by atoms with E-state index in [1.807, 2.05) is 11.4 Å². The number of hydrogen-bond donors (Lipinski definition) is 1. The van der Waals surface area contributed by atoms with Crippen LogP contribution in [0.2, 0.25) is 0 Å². The number of carbonyl (C=O) groups is 1. The van der Waals surface area contributed by atoms with Crippen LogP contribution >= 0.6 is 11.3 Å². The lowest BCUT2D eigenvalue weighted by Gasteiger charge is -2.06. The highest BCUT2D eigenvalue weighted by Crippen LogP contribution is 2.29. The predicted molar refractivity (Wildman–Crippen MR) is 89.1 cm³/mol. The Kier molecular flexibility index (Phi) is 6.54. The van der Waals surface area contributed by atoms with E-state index in [0.29, 0.717) is 6.42 Å². The third-order valence-electron chi connectivity index (χ3n) is 3.27. The SMILES string of the molecule is O=C(CCCCc1cccs1)N/N=C\c1cccc(C(F)(F)F)c1. The summed E-state index contributed by atoms with van der Waals surface area (Å²) < 4.78 is 37.7. The lowest BCUT2D eigenvalue weighted by atomic mass is 10.1. The fourth-order valence-corrected chi connectivity index (χ4v) is 2.82. The van der Waals surface area contributed by atoms with Gasteiger partial charge in [-0.15, -0.1) is 11.3 Å². The van der Waals surface area contributed by atoms with Gasteiger partial charge in [-0.1, -0.05) is 18.2 Å². The van der Waals surface area contributed by atoms with Crippen molar-refractivity contribution < 1.29 is 18.0 Å². The van der Waals surface area contributed by atoms with Crippen molar-refractivity contribution in [1.82, 2.24) is 5.43 Å². The number of rotatable bonds is 7. The van der Waals surface area contributed by atoms with Crippen molar-refractivity contribution >= 4 is 23.5 Å². The molecule has 0 aliphatic rings. The minimum atomic E-state index is -4.39. The average molecular weight is 354 g/mol. The number of nitrogens with zero attached hydrogens (tertiary/aromatic N) is 1. The fraction of sp³-hybridized carbons (Fsp3) is 0.294. The van der Waals surface area contributed by atoms with Crippen LogP contribution in [0.5, 0.6) is 0 Å². The summed E-state index contributed by atoms with van der Waals surface area (Å²) >= 11 is 1.69. The van der Waals surface area contributed by atoms with Gasteiger partial charge in [-0.3, -0.25) is 4.79 Å². The number of hydrogen-bond acceptors (Lipinski definition) is 3. The van der Waals surface area contributed by atoms with Crippen molar-refractivity contribution in [3.8, 4) is 0 Å². The topological polar surface area (TPSA) is 41.5 Å². The maximum absolute atomic E-state index is 12.6. The molecule has 1 aromatic carbocycles. The minimum absolute atomic E-state index is 0.246. The first-order chi connectivity index (χ1) is 11.4. The lowest BCUT2D eigenvalue weighted by molar-refractivity contribution is -0.137. The highest BCUT2D eigenvalue weighted by Gasteiger charge is 2.30. The first-order valence-corrected chi connectivity index (χ1v) is 8.34. The summed E-state index contributed by atoms with van der Waals surface area (Å²) in [7, 11) is 0. The summed E-state index contributed by atoms with van der Waals surface area (Å²) in [5.74, 6) is -0.246. The van der Waals surface area contributed by atoms with Gasteiger partial charge >= 0.3 is 6.18 Å². The molecule has 0 atom stereocenters. The molecule has 1 N–H and O–H groups in total. The van der Waals surface area contributed by atoms with Crippen LogP contribution in [0.1, 0.15) is 35.3 Å². The molecule has 0 unspecified atom stereocenters. The van der Waals surface area contributed by atoms with E-state index in [2.05, 4.69) is 16.6 Å². The summed E-state index contributed by atoms with van der Waals surface area (Å²) in [5.41, 5.74) is 1.87. The van der Waals surface area contributed by atoms with Crippen LogP contribution in [-0.2, 0) is 17.4 Å². The molecule has 0 radical (unpaired) electrons. The van der Waals surface area contributed by atoms with Crippen molar-refractivity contribution in [2.75, 3.05) is 0 Å². The van der Waals surface area contributed by atoms with E-state index in [1.54, 1.807) is 11.3 Å². The van der Waals surface area contributed by atoms with Crippen molar-refractivity contribution in [2.24, 2.45) is 5.10 Å². The van der Waals surface area contributed by atoms with Gasteiger partial charge in [0.1, 0.15) is 0 Å². The Bertz CT molecular complexity index is 681. The van der Waals surface area contributed by atoms with Gasteiger partial charge in [-0.25, -0.2) is 5.43 Å². The molecule has 2 aromatic rings. The number of benzene rings is 1. The first kappa shape index (κ1) is 18.2. The number of carbonyl (C=O) groups excluding carboxylic acids is 1. The number of thiophene rings is 1.